The largest absolute Gasteiger partial charge is 0.508 e. The van der Waals surface area contributed by atoms with Crippen molar-refractivity contribution in [3.05, 3.63) is 101 Å². The van der Waals surface area contributed by atoms with E-state index in [4.69, 9.17) is 0 Å². The van der Waals surface area contributed by atoms with Gasteiger partial charge in [0.2, 0.25) is 0 Å². The highest BCUT2D eigenvalue weighted by molar-refractivity contribution is 5.98. The number of aromatic hydroxyl groups is 1. The molecule has 0 unspecified atom stereocenters. The van der Waals surface area contributed by atoms with Crippen LogP contribution in [0.2, 0.25) is 0 Å². The summed E-state index contributed by atoms with van der Waals surface area (Å²) >= 11 is 0. The Hall–Kier alpha value is -2.88. The molecule has 3 heteroatoms. The lowest BCUT2D eigenvalue weighted by Gasteiger charge is -2.44. The molecular weight excluding hydrogens is 382 g/mol. The minimum absolute atomic E-state index is 0.161. The molecule has 0 spiro atoms. The summed E-state index contributed by atoms with van der Waals surface area (Å²) in [5.41, 5.74) is 7.19. The molecule has 160 valence electrons. The zero-order valence-corrected chi connectivity index (χ0v) is 18.5. The van der Waals surface area contributed by atoms with Gasteiger partial charge in [-0.1, -0.05) is 66.7 Å². The minimum Gasteiger partial charge on any atom is -0.508 e. The highest BCUT2D eigenvalue weighted by Crippen LogP contribution is 2.37. The maximum absolute atomic E-state index is 9.83. The number of quaternary nitrogens is 1. The molecule has 0 atom stereocenters. The van der Waals surface area contributed by atoms with Gasteiger partial charge in [0.1, 0.15) is 5.75 Å². The number of allylic oxidation sites excluding steroid dienone is 1. The van der Waals surface area contributed by atoms with Gasteiger partial charge in [-0.25, -0.2) is 0 Å². The molecular formula is C28H32NO2+. The number of hydrogen-bond acceptors (Lipinski definition) is 2. The van der Waals surface area contributed by atoms with Crippen LogP contribution in [0.5, 0.6) is 5.75 Å². The molecule has 0 amide bonds. The fourth-order valence-electron chi connectivity index (χ4n) is 4.72. The fourth-order valence-corrected chi connectivity index (χ4v) is 4.72. The van der Waals surface area contributed by atoms with Crippen molar-refractivity contribution in [1.29, 1.82) is 0 Å². The van der Waals surface area contributed by atoms with Crippen molar-refractivity contribution in [3.8, 4) is 5.75 Å². The Labute approximate surface area is 185 Å². The minimum atomic E-state index is 0.161. The molecule has 1 saturated heterocycles. The zero-order chi connectivity index (χ0) is 21.8. The second kappa shape index (κ2) is 9.09. The molecule has 2 N–H and O–H groups in total. The van der Waals surface area contributed by atoms with Crippen LogP contribution in [-0.2, 0) is 0 Å². The van der Waals surface area contributed by atoms with E-state index in [0.29, 0.717) is 12.3 Å². The van der Waals surface area contributed by atoms with Gasteiger partial charge in [0.15, 0.2) is 0 Å². The van der Waals surface area contributed by atoms with Gasteiger partial charge < -0.3 is 14.7 Å². The molecule has 1 heterocycles. The lowest BCUT2D eigenvalue weighted by Crippen LogP contribution is -2.56. The molecule has 3 aromatic rings. The highest BCUT2D eigenvalue weighted by atomic mass is 16.3. The van der Waals surface area contributed by atoms with E-state index in [9.17, 15) is 10.2 Å². The Bertz CT molecular complexity index is 1030. The van der Waals surface area contributed by atoms with E-state index < -0.39 is 0 Å². The van der Waals surface area contributed by atoms with E-state index in [1.807, 2.05) is 18.2 Å². The normalized spacial score (nSPS) is 16.5. The second-order valence-electron chi connectivity index (χ2n) is 9.21. The maximum atomic E-state index is 9.83. The molecule has 0 radical (unpaired) electrons. The molecule has 31 heavy (non-hydrogen) atoms. The van der Waals surface area contributed by atoms with Crippen molar-refractivity contribution in [1.82, 2.24) is 0 Å². The van der Waals surface area contributed by atoms with E-state index in [1.54, 1.807) is 12.1 Å². The smallest absolute Gasteiger partial charge is 0.115 e. The summed E-state index contributed by atoms with van der Waals surface area (Å²) in [5, 5.41) is 19.4. The van der Waals surface area contributed by atoms with E-state index in [-0.39, 0.29) is 12.4 Å². The Morgan fingerprint density at radius 1 is 0.806 bits per heavy atom. The van der Waals surface area contributed by atoms with Crippen molar-refractivity contribution in [2.24, 2.45) is 0 Å². The molecule has 0 bridgehead atoms. The third kappa shape index (κ3) is 4.90. The first kappa shape index (κ1) is 21.4. The quantitative estimate of drug-likeness (QED) is 0.407. The topological polar surface area (TPSA) is 40.5 Å². The Kier molecular flexibility index (Phi) is 6.26. The highest BCUT2D eigenvalue weighted by Gasteiger charge is 2.37. The third-order valence-corrected chi connectivity index (χ3v) is 6.26. The Morgan fingerprint density at radius 3 is 1.94 bits per heavy atom. The molecule has 1 fully saturated rings. The molecule has 1 aliphatic heterocycles. The van der Waals surface area contributed by atoms with Crippen LogP contribution in [0.4, 0.5) is 0 Å². The van der Waals surface area contributed by atoms with Crippen molar-refractivity contribution in [3.63, 3.8) is 0 Å². The van der Waals surface area contributed by atoms with Gasteiger partial charge in [0.05, 0.1) is 33.1 Å². The van der Waals surface area contributed by atoms with Gasteiger partial charge in [-0.05, 0) is 58.4 Å². The van der Waals surface area contributed by atoms with Gasteiger partial charge >= 0.3 is 0 Å². The summed E-state index contributed by atoms with van der Waals surface area (Å²) in [7, 11) is 4.56. The summed E-state index contributed by atoms with van der Waals surface area (Å²) in [6, 6.07) is 26.9. The van der Waals surface area contributed by atoms with Gasteiger partial charge in [-0.15, -0.1) is 0 Å². The average Bonchev–Trinajstić information content (AvgIpc) is 2.77. The number of phenols is 1. The standard InChI is InChI=1S/C28H31NO2/c1-29(2)19-25(20-29)21-10-12-23(13-11-21)28(24-14-16-26(31)17-15-24)27(9-6-18-30)22-7-4-3-5-8-22/h3-5,7-8,10-17,25,30H,6,9,18-20H2,1-2H3/p+1. The lowest BCUT2D eigenvalue weighted by atomic mass is 9.85. The van der Waals surface area contributed by atoms with E-state index in [1.165, 1.54) is 35.4 Å². The maximum Gasteiger partial charge on any atom is 0.115 e. The molecule has 0 aliphatic carbocycles. The number of nitrogens with zero attached hydrogens (tertiary/aromatic N) is 1. The molecule has 1 aliphatic rings. The van der Waals surface area contributed by atoms with Crippen LogP contribution in [0.3, 0.4) is 0 Å². The van der Waals surface area contributed by atoms with Gasteiger partial charge in [0, 0.05) is 6.61 Å². The third-order valence-electron chi connectivity index (χ3n) is 6.26. The Morgan fingerprint density at radius 2 is 1.39 bits per heavy atom. The van der Waals surface area contributed by atoms with Crippen LogP contribution in [-0.4, -0.2) is 48.5 Å². The van der Waals surface area contributed by atoms with Crippen LogP contribution in [0, 0.1) is 0 Å². The van der Waals surface area contributed by atoms with Crippen molar-refractivity contribution in [2.45, 2.75) is 18.8 Å². The first-order valence-corrected chi connectivity index (χ1v) is 11.1. The number of aliphatic hydroxyl groups excluding tert-OH is 1. The number of likely N-dealkylation sites (tertiary alicyclic amines) is 1. The van der Waals surface area contributed by atoms with E-state index in [2.05, 4.69) is 62.6 Å². The first-order valence-electron chi connectivity index (χ1n) is 11.1. The van der Waals surface area contributed by atoms with E-state index in [0.717, 1.165) is 22.0 Å². The molecule has 3 aromatic carbocycles. The van der Waals surface area contributed by atoms with Gasteiger partial charge in [-0.3, -0.25) is 0 Å². The zero-order valence-electron chi connectivity index (χ0n) is 18.5. The summed E-state index contributed by atoms with van der Waals surface area (Å²) in [6.45, 7) is 2.53. The van der Waals surface area contributed by atoms with Crippen LogP contribution in [0.15, 0.2) is 78.9 Å². The molecule has 0 aromatic heterocycles. The van der Waals surface area contributed by atoms with Gasteiger partial charge in [-0.2, -0.15) is 0 Å². The molecule has 4 rings (SSSR count). The number of hydrogen-bond donors (Lipinski definition) is 2. The predicted octanol–water partition coefficient (Wildman–Crippen LogP) is 5.30. The van der Waals surface area contributed by atoms with E-state index >= 15 is 0 Å². The number of likely N-dealkylation sites (N-methyl/N-ethyl adjacent to an activating group) is 1. The monoisotopic (exact) mass is 414 g/mol. The van der Waals surface area contributed by atoms with Crippen LogP contribution >= 0.6 is 0 Å². The number of benzene rings is 3. The fraction of sp³-hybridized carbons (Fsp3) is 0.286. The van der Waals surface area contributed by atoms with Crippen molar-refractivity contribution in [2.75, 3.05) is 33.8 Å². The molecule has 3 nitrogen and oxygen atoms in total. The SMILES string of the molecule is C[N+]1(C)CC(c2ccc(C(=C(CCCO)c3ccccc3)c3ccc(O)cc3)cc2)C1. The van der Waals surface area contributed by atoms with Crippen LogP contribution in [0.25, 0.3) is 11.1 Å². The number of aliphatic hydroxyl groups is 1. The van der Waals surface area contributed by atoms with Crippen molar-refractivity contribution >= 4 is 11.1 Å². The summed E-state index contributed by atoms with van der Waals surface area (Å²) in [5.74, 6) is 0.897. The predicted molar refractivity (Wildman–Crippen MR) is 128 cm³/mol. The Balaban J connectivity index is 1.80. The molecule has 0 saturated carbocycles. The first-order chi connectivity index (χ1) is 15.0. The van der Waals surface area contributed by atoms with Crippen molar-refractivity contribution < 1.29 is 14.7 Å². The summed E-state index contributed by atoms with van der Waals surface area (Å²) in [6.07, 6.45) is 1.49. The number of phenolic OH excluding ortho intramolecular Hbond substituents is 1. The van der Waals surface area contributed by atoms with Crippen LogP contribution < -0.4 is 0 Å². The summed E-state index contributed by atoms with van der Waals surface area (Å²) in [4.78, 5) is 0. The lowest BCUT2D eigenvalue weighted by molar-refractivity contribution is -0.932. The number of rotatable bonds is 7. The second-order valence-corrected chi connectivity index (χ2v) is 9.21. The van der Waals surface area contributed by atoms with Gasteiger partial charge in [0.25, 0.3) is 0 Å². The average molecular weight is 415 g/mol. The van der Waals surface area contributed by atoms with Crippen LogP contribution in [0.1, 0.15) is 41.0 Å². The summed E-state index contributed by atoms with van der Waals surface area (Å²) < 4.78 is 1.09.